The lowest BCUT2D eigenvalue weighted by Crippen LogP contribution is -2.16. The summed E-state index contributed by atoms with van der Waals surface area (Å²) in [5.41, 5.74) is 0.656. The predicted octanol–water partition coefficient (Wildman–Crippen LogP) is 3.51. The number of aryl methyl sites for hydroxylation is 2. The van der Waals surface area contributed by atoms with Crippen molar-refractivity contribution in [3.05, 3.63) is 45.0 Å². The Morgan fingerprint density at radius 1 is 1.47 bits per heavy atom. The minimum absolute atomic E-state index is 0.0245. The van der Waals surface area contributed by atoms with Crippen LogP contribution in [0.4, 0.5) is 0 Å². The smallest absolute Gasteiger partial charge is 0.372 e. The number of carbonyl (C=O) groups is 1. The van der Waals surface area contributed by atoms with Crippen molar-refractivity contribution in [3.63, 3.8) is 0 Å². The molecule has 0 saturated heterocycles. The molecule has 0 bridgehead atoms. The van der Waals surface area contributed by atoms with Crippen LogP contribution in [-0.2, 0) is 6.54 Å². The van der Waals surface area contributed by atoms with Gasteiger partial charge in [0.25, 0.3) is 0 Å². The number of aromatic carboxylic acids is 1. The number of carboxylic acid groups (broad SMARTS) is 1. The van der Waals surface area contributed by atoms with Gasteiger partial charge in [0, 0.05) is 21.4 Å². The first-order valence-electron chi connectivity index (χ1n) is 6.09. The Labute approximate surface area is 116 Å². The molecule has 0 aliphatic heterocycles. The standard InChI is InChI=1S/C14H17NO3S/c1-8-6-11(18-13(8)14(16)17)7-15-10(3)12-5-4-9(2)19-12/h4-6,10,15H,7H2,1-3H3,(H,16,17). The van der Waals surface area contributed by atoms with Gasteiger partial charge in [-0.05, 0) is 39.0 Å². The van der Waals surface area contributed by atoms with E-state index in [9.17, 15) is 4.79 Å². The van der Waals surface area contributed by atoms with Crippen molar-refractivity contribution in [2.45, 2.75) is 33.4 Å². The van der Waals surface area contributed by atoms with Crippen LogP contribution >= 0.6 is 11.3 Å². The molecule has 0 amide bonds. The van der Waals surface area contributed by atoms with Gasteiger partial charge in [-0.1, -0.05) is 0 Å². The van der Waals surface area contributed by atoms with Gasteiger partial charge < -0.3 is 14.8 Å². The van der Waals surface area contributed by atoms with Gasteiger partial charge in [-0.25, -0.2) is 4.79 Å². The second kappa shape index (κ2) is 5.59. The van der Waals surface area contributed by atoms with Crippen LogP contribution in [0, 0.1) is 13.8 Å². The summed E-state index contributed by atoms with van der Waals surface area (Å²) in [6.45, 7) is 6.42. The van der Waals surface area contributed by atoms with E-state index in [1.165, 1.54) is 9.75 Å². The van der Waals surface area contributed by atoms with E-state index in [4.69, 9.17) is 9.52 Å². The fraction of sp³-hybridized carbons (Fsp3) is 0.357. The number of furan rings is 1. The van der Waals surface area contributed by atoms with Gasteiger partial charge in [0.2, 0.25) is 5.76 Å². The maximum absolute atomic E-state index is 10.9. The summed E-state index contributed by atoms with van der Waals surface area (Å²) >= 11 is 1.76. The van der Waals surface area contributed by atoms with E-state index >= 15 is 0 Å². The molecule has 0 radical (unpaired) electrons. The van der Waals surface area contributed by atoms with E-state index in [-0.39, 0.29) is 11.8 Å². The third kappa shape index (κ3) is 3.24. The molecule has 0 aromatic carbocycles. The molecule has 2 heterocycles. The molecule has 0 saturated carbocycles. The van der Waals surface area contributed by atoms with Gasteiger partial charge in [-0.2, -0.15) is 0 Å². The predicted molar refractivity (Wildman–Crippen MR) is 74.7 cm³/mol. The summed E-state index contributed by atoms with van der Waals surface area (Å²) in [6, 6.07) is 6.19. The first-order chi connectivity index (χ1) is 8.97. The lowest BCUT2D eigenvalue weighted by atomic mass is 10.2. The Kier molecular flexibility index (Phi) is 4.07. The molecule has 2 aromatic heterocycles. The molecule has 0 aliphatic carbocycles. The van der Waals surface area contributed by atoms with Crippen LogP contribution in [0.2, 0.25) is 0 Å². The Bertz CT molecular complexity index is 585. The van der Waals surface area contributed by atoms with Gasteiger partial charge in [0.15, 0.2) is 0 Å². The second-order valence-corrected chi connectivity index (χ2v) is 5.90. The monoisotopic (exact) mass is 279 g/mol. The maximum atomic E-state index is 10.9. The minimum atomic E-state index is -1.02. The van der Waals surface area contributed by atoms with E-state index in [0.717, 1.165) is 0 Å². The van der Waals surface area contributed by atoms with Crippen LogP contribution < -0.4 is 5.32 Å². The average Bonchev–Trinajstić information content (AvgIpc) is 2.92. The zero-order chi connectivity index (χ0) is 14.0. The third-order valence-corrected chi connectivity index (χ3v) is 4.12. The number of thiophene rings is 1. The SMILES string of the molecule is Cc1ccc(C(C)NCc2cc(C)c(C(=O)O)o2)s1. The number of nitrogens with one attached hydrogen (secondary N) is 1. The van der Waals surface area contributed by atoms with Crippen LogP contribution in [0.25, 0.3) is 0 Å². The Hall–Kier alpha value is -1.59. The van der Waals surface area contributed by atoms with Crippen LogP contribution in [0.15, 0.2) is 22.6 Å². The molecule has 2 aromatic rings. The normalized spacial score (nSPS) is 12.6. The highest BCUT2D eigenvalue weighted by molar-refractivity contribution is 7.12. The summed E-state index contributed by atoms with van der Waals surface area (Å²) in [4.78, 5) is 13.4. The van der Waals surface area contributed by atoms with E-state index in [1.807, 2.05) is 0 Å². The summed E-state index contributed by atoms with van der Waals surface area (Å²) < 4.78 is 5.31. The molecule has 0 aliphatic rings. The van der Waals surface area contributed by atoms with Crippen molar-refractivity contribution in [1.82, 2.24) is 5.32 Å². The highest BCUT2D eigenvalue weighted by Gasteiger charge is 2.15. The molecule has 1 atom stereocenters. The highest BCUT2D eigenvalue weighted by Crippen LogP contribution is 2.23. The molecule has 4 nitrogen and oxygen atoms in total. The second-order valence-electron chi connectivity index (χ2n) is 4.58. The third-order valence-electron chi connectivity index (χ3n) is 2.93. The van der Waals surface area contributed by atoms with Crippen molar-refractivity contribution in [1.29, 1.82) is 0 Å². The molecule has 0 fully saturated rings. The van der Waals surface area contributed by atoms with Crippen LogP contribution in [-0.4, -0.2) is 11.1 Å². The lowest BCUT2D eigenvalue weighted by Gasteiger charge is -2.10. The summed E-state index contributed by atoms with van der Waals surface area (Å²) in [6.07, 6.45) is 0. The van der Waals surface area contributed by atoms with Gasteiger partial charge in [0.1, 0.15) is 5.76 Å². The summed E-state index contributed by atoms with van der Waals surface area (Å²) in [7, 11) is 0. The first-order valence-corrected chi connectivity index (χ1v) is 6.91. The fourth-order valence-electron chi connectivity index (χ4n) is 1.89. The van der Waals surface area contributed by atoms with Gasteiger partial charge in [0.05, 0.1) is 6.54 Å². The van der Waals surface area contributed by atoms with Crippen molar-refractivity contribution in [2.75, 3.05) is 0 Å². The van der Waals surface area contributed by atoms with Gasteiger partial charge in [-0.3, -0.25) is 0 Å². The molecular formula is C14H17NO3S. The zero-order valence-corrected chi connectivity index (χ0v) is 12.0. The van der Waals surface area contributed by atoms with Crippen molar-refractivity contribution >= 4 is 17.3 Å². The Balaban J connectivity index is 1.99. The van der Waals surface area contributed by atoms with Crippen LogP contribution in [0.1, 0.15) is 44.6 Å². The Morgan fingerprint density at radius 3 is 2.74 bits per heavy atom. The number of hydrogen-bond donors (Lipinski definition) is 2. The first kappa shape index (κ1) is 13.8. The minimum Gasteiger partial charge on any atom is -0.475 e. The molecule has 0 spiro atoms. The fourth-order valence-corrected chi connectivity index (χ4v) is 2.79. The van der Waals surface area contributed by atoms with E-state index in [2.05, 4.69) is 31.3 Å². The quantitative estimate of drug-likeness (QED) is 0.879. The number of carboxylic acids is 1. The number of hydrogen-bond acceptors (Lipinski definition) is 4. The van der Waals surface area contributed by atoms with E-state index in [0.29, 0.717) is 17.9 Å². The molecule has 19 heavy (non-hydrogen) atoms. The largest absolute Gasteiger partial charge is 0.475 e. The molecule has 102 valence electrons. The van der Waals surface area contributed by atoms with E-state index in [1.54, 1.807) is 24.3 Å². The average molecular weight is 279 g/mol. The molecule has 2 N–H and O–H groups in total. The topological polar surface area (TPSA) is 62.5 Å². The van der Waals surface area contributed by atoms with Crippen LogP contribution in [0.3, 0.4) is 0 Å². The molecule has 1 unspecified atom stereocenters. The summed E-state index contributed by atoms with van der Waals surface area (Å²) in [5.74, 6) is -0.350. The van der Waals surface area contributed by atoms with Crippen molar-refractivity contribution in [2.24, 2.45) is 0 Å². The lowest BCUT2D eigenvalue weighted by molar-refractivity contribution is 0.0659. The Morgan fingerprint density at radius 2 is 2.21 bits per heavy atom. The van der Waals surface area contributed by atoms with E-state index < -0.39 is 5.97 Å². The molecular weight excluding hydrogens is 262 g/mol. The maximum Gasteiger partial charge on any atom is 0.372 e. The summed E-state index contributed by atoms with van der Waals surface area (Å²) in [5, 5.41) is 12.3. The van der Waals surface area contributed by atoms with Crippen molar-refractivity contribution < 1.29 is 14.3 Å². The van der Waals surface area contributed by atoms with Gasteiger partial charge >= 0.3 is 5.97 Å². The zero-order valence-electron chi connectivity index (χ0n) is 11.2. The number of rotatable bonds is 5. The molecule has 2 rings (SSSR count). The van der Waals surface area contributed by atoms with Gasteiger partial charge in [-0.15, -0.1) is 11.3 Å². The highest BCUT2D eigenvalue weighted by atomic mass is 32.1. The van der Waals surface area contributed by atoms with Crippen LogP contribution in [0.5, 0.6) is 0 Å². The molecule has 5 heteroatoms. The van der Waals surface area contributed by atoms with Crippen molar-refractivity contribution in [3.8, 4) is 0 Å².